The molecule has 1 fully saturated rings. The Bertz CT molecular complexity index is 174. The molecule has 0 amide bonds. The fourth-order valence-corrected chi connectivity index (χ4v) is 1.52. The fraction of sp³-hybridized carbons (Fsp3) is 0.667. The van der Waals surface area contributed by atoms with Crippen molar-refractivity contribution in [2.24, 2.45) is 0 Å². The number of hydrogen-bond donors (Lipinski definition) is 1. The van der Waals surface area contributed by atoms with Gasteiger partial charge in [-0.3, -0.25) is 4.79 Å². The van der Waals surface area contributed by atoms with Crippen molar-refractivity contribution < 1.29 is 9.90 Å². The number of aliphatic hydroxyl groups is 1. The maximum atomic E-state index is 11.1. The summed E-state index contributed by atoms with van der Waals surface area (Å²) in [6.45, 7) is 3.56. The van der Waals surface area contributed by atoms with Crippen molar-refractivity contribution in [1.82, 2.24) is 0 Å². The number of hydrogen-bond acceptors (Lipinski definition) is 2. The molecule has 0 aromatic heterocycles. The van der Waals surface area contributed by atoms with Gasteiger partial charge in [0.15, 0.2) is 5.78 Å². The average Bonchev–Trinajstić information content (AvgIpc) is 2.30. The van der Waals surface area contributed by atoms with E-state index < -0.39 is 5.60 Å². The lowest BCUT2D eigenvalue weighted by Gasteiger charge is -2.18. The van der Waals surface area contributed by atoms with E-state index in [1.165, 1.54) is 0 Å². The van der Waals surface area contributed by atoms with E-state index in [2.05, 4.69) is 6.58 Å². The van der Waals surface area contributed by atoms with Gasteiger partial charge in [-0.15, -0.1) is 6.58 Å². The van der Waals surface area contributed by atoms with Crippen LogP contribution in [0.15, 0.2) is 12.7 Å². The normalized spacial score (nSPS) is 30.8. The summed E-state index contributed by atoms with van der Waals surface area (Å²) in [6.07, 6.45) is 5.04. The zero-order valence-corrected chi connectivity index (χ0v) is 6.68. The minimum Gasteiger partial charge on any atom is -0.382 e. The second kappa shape index (κ2) is 3.18. The second-order valence-electron chi connectivity index (χ2n) is 3.14. The molecule has 2 nitrogen and oxygen atoms in total. The van der Waals surface area contributed by atoms with Crippen LogP contribution in [-0.2, 0) is 4.79 Å². The standard InChI is InChI=1S/C9H14O2/c1-2-3-6-9(11)7-4-5-8(9)10/h2,11H,1,3-7H2/t9-/m1/s1. The molecule has 2 heteroatoms. The highest BCUT2D eigenvalue weighted by atomic mass is 16.3. The number of allylic oxidation sites excluding steroid dienone is 1. The second-order valence-corrected chi connectivity index (χ2v) is 3.14. The molecule has 1 aliphatic carbocycles. The summed E-state index contributed by atoms with van der Waals surface area (Å²) in [5.74, 6) is 0.0133. The Labute approximate surface area is 66.9 Å². The molecule has 11 heavy (non-hydrogen) atoms. The van der Waals surface area contributed by atoms with Gasteiger partial charge in [-0.1, -0.05) is 6.08 Å². The molecule has 1 atom stereocenters. The van der Waals surface area contributed by atoms with Crippen LogP contribution in [0.5, 0.6) is 0 Å². The summed E-state index contributed by atoms with van der Waals surface area (Å²) in [6, 6.07) is 0. The smallest absolute Gasteiger partial charge is 0.164 e. The molecule has 1 N–H and O–H groups in total. The van der Waals surface area contributed by atoms with Gasteiger partial charge >= 0.3 is 0 Å². The van der Waals surface area contributed by atoms with Crippen molar-refractivity contribution in [2.75, 3.05) is 0 Å². The van der Waals surface area contributed by atoms with Gasteiger partial charge in [0.05, 0.1) is 0 Å². The first kappa shape index (κ1) is 8.47. The quantitative estimate of drug-likeness (QED) is 0.624. The van der Waals surface area contributed by atoms with Crippen LogP contribution >= 0.6 is 0 Å². The lowest BCUT2D eigenvalue weighted by atomic mass is 9.95. The Hall–Kier alpha value is -0.630. The predicted molar refractivity (Wildman–Crippen MR) is 43.2 cm³/mol. The van der Waals surface area contributed by atoms with Crippen molar-refractivity contribution in [3.63, 3.8) is 0 Å². The molecule has 0 unspecified atom stereocenters. The predicted octanol–water partition coefficient (Wildman–Crippen LogP) is 1.44. The summed E-state index contributed by atoms with van der Waals surface area (Å²) in [5, 5.41) is 9.69. The molecule has 1 aliphatic rings. The molecule has 0 aromatic rings. The molecular formula is C9H14O2. The summed E-state index contributed by atoms with van der Waals surface area (Å²) >= 11 is 0. The Morgan fingerprint density at radius 2 is 2.45 bits per heavy atom. The Morgan fingerprint density at radius 1 is 1.73 bits per heavy atom. The molecule has 1 rings (SSSR count). The highest BCUT2D eigenvalue weighted by molar-refractivity contribution is 5.88. The van der Waals surface area contributed by atoms with Gasteiger partial charge in [-0.05, 0) is 25.7 Å². The lowest BCUT2D eigenvalue weighted by Crippen LogP contribution is -2.32. The highest BCUT2D eigenvalue weighted by Crippen LogP contribution is 2.30. The van der Waals surface area contributed by atoms with Crippen LogP contribution in [0.1, 0.15) is 32.1 Å². The molecular weight excluding hydrogens is 140 g/mol. The van der Waals surface area contributed by atoms with Gasteiger partial charge in [-0.25, -0.2) is 0 Å². The van der Waals surface area contributed by atoms with Crippen LogP contribution in [0.3, 0.4) is 0 Å². The molecule has 0 bridgehead atoms. The first-order chi connectivity index (χ1) is 5.19. The van der Waals surface area contributed by atoms with E-state index in [0.29, 0.717) is 19.3 Å². The van der Waals surface area contributed by atoms with Crippen LogP contribution in [0.25, 0.3) is 0 Å². The van der Waals surface area contributed by atoms with Gasteiger partial charge in [0.1, 0.15) is 5.60 Å². The third-order valence-corrected chi connectivity index (χ3v) is 2.28. The first-order valence-corrected chi connectivity index (χ1v) is 4.05. The molecule has 0 radical (unpaired) electrons. The molecule has 0 spiro atoms. The Kier molecular flexibility index (Phi) is 2.45. The molecule has 0 heterocycles. The van der Waals surface area contributed by atoms with Crippen LogP contribution in [0, 0.1) is 0 Å². The highest BCUT2D eigenvalue weighted by Gasteiger charge is 2.38. The monoisotopic (exact) mass is 154 g/mol. The van der Waals surface area contributed by atoms with E-state index in [1.807, 2.05) is 0 Å². The summed E-state index contributed by atoms with van der Waals surface area (Å²) in [7, 11) is 0. The maximum absolute atomic E-state index is 11.1. The first-order valence-electron chi connectivity index (χ1n) is 4.05. The fourth-order valence-electron chi connectivity index (χ4n) is 1.52. The van der Waals surface area contributed by atoms with E-state index in [1.54, 1.807) is 6.08 Å². The number of Topliss-reactive ketones (excluding diaryl/α,β-unsaturated/α-hetero) is 1. The van der Waals surface area contributed by atoms with E-state index >= 15 is 0 Å². The average molecular weight is 154 g/mol. The van der Waals surface area contributed by atoms with E-state index in [-0.39, 0.29) is 5.78 Å². The van der Waals surface area contributed by atoms with Crippen molar-refractivity contribution in [3.05, 3.63) is 12.7 Å². The summed E-state index contributed by atoms with van der Waals surface area (Å²) < 4.78 is 0. The number of ketones is 1. The zero-order chi connectivity index (χ0) is 8.32. The van der Waals surface area contributed by atoms with Crippen LogP contribution in [0.2, 0.25) is 0 Å². The number of carbonyl (C=O) groups excluding carboxylic acids is 1. The molecule has 1 saturated carbocycles. The molecule has 0 aromatic carbocycles. The molecule has 0 saturated heterocycles. The minimum absolute atomic E-state index is 0.0133. The number of carbonyl (C=O) groups is 1. The summed E-state index contributed by atoms with van der Waals surface area (Å²) in [5.41, 5.74) is -1.01. The Balaban J connectivity index is 2.50. The molecule has 0 aliphatic heterocycles. The topological polar surface area (TPSA) is 37.3 Å². The van der Waals surface area contributed by atoms with Crippen molar-refractivity contribution >= 4 is 5.78 Å². The third-order valence-electron chi connectivity index (χ3n) is 2.28. The lowest BCUT2D eigenvalue weighted by molar-refractivity contribution is -0.133. The van der Waals surface area contributed by atoms with Crippen molar-refractivity contribution in [3.8, 4) is 0 Å². The van der Waals surface area contributed by atoms with E-state index in [9.17, 15) is 9.90 Å². The van der Waals surface area contributed by atoms with Crippen LogP contribution in [-0.4, -0.2) is 16.5 Å². The van der Waals surface area contributed by atoms with Crippen LogP contribution in [0.4, 0.5) is 0 Å². The van der Waals surface area contributed by atoms with Gasteiger partial charge in [0.2, 0.25) is 0 Å². The summed E-state index contributed by atoms with van der Waals surface area (Å²) in [4.78, 5) is 11.1. The van der Waals surface area contributed by atoms with Gasteiger partial charge < -0.3 is 5.11 Å². The third kappa shape index (κ3) is 1.69. The number of rotatable bonds is 3. The van der Waals surface area contributed by atoms with E-state index in [0.717, 1.165) is 12.8 Å². The van der Waals surface area contributed by atoms with Gasteiger partial charge in [0, 0.05) is 6.42 Å². The van der Waals surface area contributed by atoms with Gasteiger partial charge in [-0.2, -0.15) is 0 Å². The zero-order valence-electron chi connectivity index (χ0n) is 6.68. The van der Waals surface area contributed by atoms with Gasteiger partial charge in [0.25, 0.3) is 0 Å². The minimum atomic E-state index is -1.01. The largest absolute Gasteiger partial charge is 0.382 e. The maximum Gasteiger partial charge on any atom is 0.164 e. The van der Waals surface area contributed by atoms with Crippen molar-refractivity contribution in [1.29, 1.82) is 0 Å². The van der Waals surface area contributed by atoms with E-state index in [4.69, 9.17) is 0 Å². The van der Waals surface area contributed by atoms with Crippen LogP contribution < -0.4 is 0 Å². The van der Waals surface area contributed by atoms with Crippen molar-refractivity contribution in [2.45, 2.75) is 37.7 Å². The Morgan fingerprint density at radius 3 is 2.91 bits per heavy atom. The molecule has 62 valence electrons. The SMILES string of the molecule is C=CCC[C@@]1(O)CCCC1=O.